The molecule has 0 unspecified atom stereocenters. The maximum absolute atomic E-state index is 13.2. The average Bonchev–Trinajstić information content (AvgIpc) is 3.04. The van der Waals surface area contributed by atoms with E-state index in [9.17, 15) is 14.3 Å². The monoisotopic (exact) mass is 434 g/mol. The molecule has 2 aromatic carbocycles. The first-order valence-corrected chi connectivity index (χ1v) is 10.2. The van der Waals surface area contributed by atoms with Crippen molar-refractivity contribution >= 4 is 52.6 Å². The van der Waals surface area contributed by atoms with Crippen molar-refractivity contribution in [1.82, 2.24) is 9.78 Å². The normalized spacial score (nSPS) is 14.9. The molecule has 4 rings (SSSR count). The fourth-order valence-corrected chi connectivity index (χ4v) is 4.63. The van der Waals surface area contributed by atoms with E-state index in [1.807, 2.05) is 6.08 Å². The molecular weight excluding hydrogens is 422 g/mol. The fourth-order valence-electron chi connectivity index (χ4n) is 3.12. The largest absolute Gasteiger partial charge is 0.476 e. The molecule has 4 nitrogen and oxygen atoms in total. The first-order valence-electron chi connectivity index (χ1n) is 8.29. The molecule has 0 saturated heterocycles. The van der Waals surface area contributed by atoms with Gasteiger partial charge in [-0.15, -0.1) is 0 Å². The van der Waals surface area contributed by atoms with Gasteiger partial charge in [0.25, 0.3) is 0 Å². The van der Waals surface area contributed by atoms with Gasteiger partial charge >= 0.3 is 5.97 Å². The first kappa shape index (κ1) is 19.1. The van der Waals surface area contributed by atoms with E-state index in [-0.39, 0.29) is 11.5 Å². The number of carbonyl (C=O) groups is 1. The molecule has 8 heteroatoms. The number of hydrogen-bond acceptors (Lipinski definition) is 3. The minimum absolute atomic E-state index is 0.00165. The van der Waals surface area contributed by atoms with Crippen LogP contribution in [-0.2, 0) is 5.75 Å². The average molecular weight is 435 g/mol. The number of carboxylic acids is 1. The van der Waals surface area contributed by atoms with Gasteiger partial charge in [0.15, 0.2) is 5.69 Å². The number of halogens is 3. The number of aromatic carboxylic acids is 1. The Morgan fingerprint density at radius 2 is 1.93 bits per heavy atom. The molecule has 1 aliphatic rings. The van der Waals surface area contributed by atoms with Crippen molar-refractivity contribution in [1.29, 1.82) is 0 Å². The molecule has 0 radical (unpaired) electrons. The molecule has 0 amide bonds. The van der Waals surface area contributed by atoms with Crippen molar-refractivity contribution in [2.24, 2.45) is 0 Å². The molecule has 0 saturated carbocycles. The Balaban J connectivity index is 1.94. The lowest BCUT2D eigenvalue weighted by Crippen LogP contribution is -2.08. The molecule has 28 heavy (non-hydrogen) atoms. The third-order valence-corrected chi connectivity index (χ3v) is 5.89. The predicted octanol–water partition coefficient (Wildman–Crippen LogP) is 5.80. The summed E-state index contributed by atoms with van der Waals surface area (Å²) in [6.45, 7) is 0. The number of hydrogen-bond donors (Lipinski definition) is 1. The Bertz CT molecular complexity index is 1110. The molecule has 1 N–H and O–H groups in total. The highest BCUT2D eigenvalue weighted by molar-refractivity contribution is 7.99. The zero-order valence-corrected chi connectivity index (χ0v) is 16.7. The number of carboxylic acid groups (broad SMARTS) is 1. The van der Waals surface area contributed by atoms with E-state index < -0.39 is 5.97 Å². The number of fused-ring (bicyclic) bond motifs is 1. The number of thioether (sulfide) groups is 1. The molecule has 0 aliphatic carbocycles. The highest BCUT2D eigenvalue weighted by Crippen LogP contribution is 2.38. The van der Waals surface area contributed by atoms with Crippen molar-refractivity contribution in [2.75, 3.05) is 5.75 Å². The summed E-state index contributed by atoms with van der Waals surface area (Å²) in [6.07, 6.45) is 1.91. The highest BCUT2D eigenvalue weighted by atomic mass is 35.5. The number of nitrogens with zero attached hydrogens (tertiary/aromatic N) is 2. The van der Waals surface area contributed by atoms with E-state index in [1.165, 1.54) is 12.1 Å². The lowest BCUT2D eigenvalue weighted by atomic mass is 10.0. The Morgan fingerprint density at radius 3 is 2.61 bits per heavy atom. The minimum Gasteiger partial charge on any atom is -0.476 e. The Labute approximate surface area is 174 Å². The highest BCUT2D eigenvalue weighted by Gasteiger charge is 2.29. The van der Waals surface area contributed by atoms with E-state index in [4.69, 9.17) is 23.2 Å². The van der Waals surface area contributed by atoms with Crippen molar-refractivity contribution in [2.45, 2.75) is 5.75 Å². The van der Waals surface area contributed by atoms with E-state index in [0.717, 1.165) is 11.1 Å². The zero-order valence-electron chi connectivity index (χ0n) is 14.3. The van der Waals surface area contributed by atoms with Gasteiger partial charge in [-0.3, -0.25) is 0 Å². The van der Waals surface area contributed by atoms with Gasteiger partial charge in [0, 0.05) is 22.1 Å². The molecule has 142 valence electrons. The fraction of sp³-hybridized carbons (Fsp3) is 0.100. The van der Waals surface area contributed by atoms with Gasteiger partial charge < -0.3 is 5.11 Å². The minimum atomic E-state index is -1.09. The van der Waals surface area contributed by atoms with E-state index in [0.29, 0.717) is 38.5 Å². The van der Waals surface area contributed by atoms with Gasteiger partial charge in [0.1, 0.15) is 5.82 Å². The third kappa shape index (κ3) is 3.55. The van der Waals surface area contributed by atoms with Crippen LogP contribution in [0.5, 0.6) is 0 Å². The van der Waals surface area contributed by atoms with Gasteiger partial charge in [-0.05, 0) is 47.5 Å². The molecule has 1 aliphatic heterocycles. The maximum atomic E-state index is 13.2. The van der Waals surface area contributed by atoms with Crippen LogP contribution < -0.4 is 0 Å². The van der Waals surface area contributed by atoms with Crippen LogP contribution >= 0.6 is 35.0 Å². The molecule has 0 bridgehead atoms. The molecule has 2 heterocycles. The predicted molar refractivity (Wildman–Crippen MR) is 111 cm³/mol. The van der Waals surface area contributed by atoms with Crippen LogP contribution in [0.3, 0.4) is 0 Å². The summed E-state index contributed by atoms with van der Waals surface area (Å²) in [7, 11) is 0. The smallest absolute Gasteiger partial charge is 0.356 e. The molecule has 0 atom stereocenters. The standard InChI is InChI=1S/C20H13Cl2FN2O2S/c21-13-3-6-17(16(22)8-13)25-19-12(7-11-1-4-14(23)5-2-11)9-28-10-15(19)18(24-25)20(26)27/h1-8H,9-10H2,(H,26,27)/b12-7+. The SMILES string of the molecule is O=C(O)c1nn(-c2ccc(Cl)cc2Cl)c2c1CSC/C2=C\c1ccc(F)cc1. The van der Waals surface area contributed by atoms with Crippen LogP contribution in [-0.4, -0.2) is 26.6 Å². The summed E-state index contributed by atoms with van der Waals surface area (Å²) >= 11 is 14.0. The molecule has 3 aromatic rings. The van der Waals surface area contributed by atoms with Gasteiger partial charge in [-0.1, -0.05) is 35.3 Å². The van der Waals surface area contributed by atoms with Crippen molar-refractivity contribution in [3.63, 3.8) is 0 Å². The molecule has 1 aromatic heterocycles. The third-order valence-electron chi connectivity index (χ3n) is 4.34. The van der Waals surface area contributed by atoms with Crippen LogP contribution in [0.1, 0.15) is 27.3 Å². The van der Waals surface area contributed by atoms with Crippen molar-refractivity contribution < 1.29 is 14.3 Å². The molecule has 0 fully saturated rings. The van der Waals surface area contributed by atoms with Gasteiger partial charge in [-0.25, -0.2) is 13.9 Å². The second-order valence-corrected chi connectivity index (χ2v) is 8.03. The van der Waals surface area contributed by atoms with Crippen LogP contribution in [0, 0.1) is 5.82 Å². The van der Waals surface area contributed by atoms with E-state index in [1.54, 1.807) is 46.8 Å². The summed E-state index contributed by atoms with van der Waals surface area (Å²) in [5.41, 5.74) is 3.60. The van der Waals surface area contributed by atoms with E-state index in [2.05, 4.69) is 5.10 Å². The Kier molecular flexibility index (Phi) is 5.19. The second-order valence-electron chi connectivity index (χ2n) is 6.20. The van der Waals surface area contributed by atoms with Gasteiger partial charge in [-0.2, -0.15) is 16.9 Å². The number of rotatable bonds is 3. The maximum Gasteiger partial charge on any atom is 0.356 e. The number of aromatic nitrogens is 2. The summed E-state index contributed by atoms with van der Waals surface area (Å²) in [5, 5.41) is 14.8. The quantitative estimate of drug-likeness (QED) is 0.565. The van der Waals surface area contributed by atoms with Gasteiger partial charge in [0.2, 0.25) is 0 Å². The van der Waals surface area contributed by atoms with Crippen LogP contribution in [0.4, 0.5) is 4.39 Å². The lowest BCUT2D eigenvalue weighted by Gasteiger charge is -2.18. The molecular formula is C20H13Cl2FN2O2S. The van der Waals surface area contributed by atoms with Crippen molar-refractivity contribution in [3.8, 4) is 5.69 Å². The summed E-state index contributed by atoms with van der Waals surface area (Å²) < 4.78 is 14.8. The van der Waals surface area contributed by atoms with Crippen LogP contribution in [0.25, 0.3) is 17.3 Å². The number of benzene rings is 2. The Hall–Kier alpha value is -2.28. The summed E-state index contributed by atoms with van der Waals surface area (Å²) in [4.78, 5) is 11.8. The second kappa shape index (κ2) is 7.62. The van der Waals surface area contributed by atoms with Gasteiger partial charge in [0.05, 0.1) is 16.4 Å². The molecule has 0 spiro atoms. The Morgan fingerprint density at radius 1 is 1.18 bits per heavy atom. The summed E-state index contributed by atoms with van der Waals surface area (Å²) in [6, 6.07) is 11.1. The zero-order chi connectivity index (χ0) is 19.8. The van der Waals surface area contributed by atoms with Crippen molar-refractivity contribution in [3.05, 3.63) is 80.8 Å². The van der Waals surface area contributed by atoms with Crippen LogP contribution in [0.15, 0.2) is 42.5 Å². The topological polar surface area (TPSA) is 55.1 Å². The first-order chi connectivity index (χ1) is 13.4. The summed E-state index contributed by atoms with van der Waals surface area (Å²) in [5.74, 6) is -0.209. The van der Waals surface area contributed by atoms with E-state index >= 15 is 0 Å². The lowest BCUT2D eigenvalue weighted by molar-refractivity contribution is 0.0689. The van der Waals surface area contributed by atoms with Crippen LogP contribution in [0.2, 0.25) is 10.0 Å².